The Morgan fingerprint density at radius 2 is 1.71 bits per heavy atom. The first-order chi connectivity index (χ1) is 16.5. The molecule has 1 atom stereocenters. The van der Waals surface area contributed by atoms with Gasteiger partial charge in [0, 0.05) is 29.0 Å². The Morgan fingerprint density at radius 1 is 1.03 bits per heavy atom. The van der Waals surface area contributed by atoms with E-state index in [1.54, 1.807) is 12.1 Å². The Labute approximate surface area is 206 Å². The molecular formula is C28H25BrFN3O. The van der Waals surface area contributed by atoms with Crippen LogP contribution in [0.25, 0.3) is 33.5 Å². The Balaban J connectivity index is 1.44. The first-order valence-electron chi connectivity index (χ1n) is 11.8. The standard InChI is InChI=1S/C28H25BrFN3O/c29-23-2-1-3-24-25(23)33(17-28(14-15-31-16-28)26(34)20-6-7-20)27(32-24)21-8-4-18(5-9-21)19-10-12-22(30)13-11-19/h1-5,8-13,20,31H,6-7,14-17H2/t28-/m0/s1. The van der Waals surface area contributed by atoms with Crippen LogP contribution in [0.5, 0.6) is 0 Å². The number of hydrogen-bond donors (Lipinski definition) is 1. The maximum Gasteiger partial charge on any atom is 0.145 e. The number of ketones is 1. The van der Waals surface area contributed by atoms with Crippen molar-refractivity contribution in [2.75, 3.05) is 13.1 Å². The van der Waals surface area contributed by atoms with Gasteiger partial charge in [0.2, 0.25) is 0 Å². The number of nitrogens with zero attached hydrogens (tertiary/aromatic N) is 2. The predicted octanol–water partition coefficient (Wildman–Crippen LogP) is 6.23. The molecule has 34 heavy (non-hydrogen) atoms. The molecule has 4 aromatic rings. The van der Waals surface area contributed by atoms with Crippen molar-refractivity contribution < 1.29 is 9.18 Å². The molecule has 1 saturated carbocycles. The number of hydrogen-bond acceptors (Lipinski definition) is 3. The van der Waals surface area contributed by atoms with Gasteiger partial charge in [-0.15, -0.1) is 0 Å². The van der Waals surface area contributed by atoms with E-state index in [1.165, 1.54) is 12.1 Å². The molecule has 2 heterocycles. The summed E-state index contributed by atoms with van der Waals surface area (Å²) < 4.78 is 16.5. The fourth-order valence-electron chi connectivity index (χ4n) is 5.22. The summed E-state index contributed by atoms with van der Waals surface area (Å²) in [5.74, 6) is 1.25. The first kappa shape index (κ1) is 21.7. The van der Waals surface area contributed by atoms with E-state index in [-0.39, 0.29) is 11.7 Å². The van der Waals surface area contributed by atoms with Crippen LogP contribution in [0.2, 0.25) is 0 Å². The molecule has 1 aromatic heterocycles. The van der Waals surface area contributed by atoms with Crippen LogP contribution in [0.15, 0.2) is 71.2 Å². The van der Waals surface area contributed by atoms with Crippen molar-refractivity contribution in [3.63, 3.8) is 0 Å². The third-order valence-corrected chi connectivity index (χ3v) is 7.85. The van der Waals surface area contributed by atoms with Crippen molar-refractivity contribution in [3.8, 4) is 22.5 Å². The van der Waals surface area contributed by atoms with Gasteiger partial charge in [-0.3, -0.25) is 4.79 Å². The molecule has 0 unspecified atom stereocenters. The lowest BCUT2D eigenvalue weighted by molar-refractivity contribution is -0.129. The molecule has 1 N–H and O–H groups in total. The molecular weight excluding hydrogens is 493 g/mol. The highest BCUT2D eigenvalue weighted by Gasteiger charge is 2.48. The molecule has 172 valence electrons. The molecule has 0 spiro atoms. The van der Waals surface area contributed by atoms with Crippen LogP contribution in [0.3, 0.4) is 0 Å². The molecule has 3 aromatic carbocycles. The van der Waals surface area contributed by atoms with Crippen LogP contribution in [0, 0.1) is 17.2 Å². The third kappa shape index (κ3) is 3.79. The van der Waals surface area contributed by atoms with Crippen molar-refractivity contribution in [1.82, 2.24) is 14.9 Å². The van der Waals surface area contributed by atoms with E-state index in [1.807, 2.05) is 30.3 Å². The number of nitrogens with one attached hydrogen (secondary N) is 1. The van der Waals surface area contributed by atoms with E-state index >= 15 is 0 Å². The highest BCUT2D eigenvalue weighted by atomic mass is 79.9. The van der Waals surface area contributed by atoms with Crippen molar-refractivity contribution >= 4 is 32.7 Å². The lowest BCUT2D eigenvalue weighted by atomic mass is 9.80. The molecule has 1 saturated heterocycles. The Bertz CT molecular complexity index is 1370. The van der Waals surface area contributed by atoms with Crippen LogP contribution >= 0.6 is 15.9 Å². The number of fused-ring (bicyclic) bond motifs is 1. The minimum absolute atomic E-state index is 0.219. The summed E-state index contributed by atoms with van der Waals surface area (Å²) in [5.41, 5.74) is 4.52. The molecule has 1 aliphatic carbocycles. The zero-order chi connectivity index (χ0) is 23.3. The topological polar surface area (TPSA) is 46.9 Å². The average Bonchev–Trinajstić information content (AvgIpc) is 3.48. The molecule has 6 heteroatoms. The van der Waals surface area contributed by atoms with Crippen molar-refractivity contribution in [1.29, 1.82) is 0 Å². The normalized spacial score (nSPS) is 20.2. The van der Waals surface area contributed by atoms with Crippen molar-refractivity contribution in [3.05, 3.63) is 77.0 Å². The number of halogens is 2. The Morgan fingerprint density at radius 3 is 2.35 bits per heavy atom. The number of benzene rings is 3. The van der Waals surface area contributed by atoms with Crippen LogP contribution in [-0.4, -0.2) is 28.4 Å². The Hall–Kier alpha value is -2.83. The fourth-order valence-corrected chi connectivity index (χ4v) is 5.79. The smallest absolute Gasteiger partial charge is 0.145 e. The summed E-state index contributed by atoms with van der Waals surface area (Å²) in [4.78, 5) is 18.4. The van der Waals surface area contributed by atoms with E-state index in [2.05, 4.69) is 37.9 Å². The lowest BCUT2D eigenvalue weighted by Crippen LogP contribution is -2.39. The fraction of sp³-hybridized carbons (Fsp3) is 0.286. The van der Waals surface area contributed by atoms with Crippen molar-refractivity contribution in [2.45, 2.75) is 25.8 Å². The maximum atomic E-state index is 13.4. The van der Waals surface area contributed by atoms with E-state index in [9.17, 15) is 9.18 Å². The SMILES string of the molecule is O=C(C1CC1)[C@@]1(Cn2c(-c3ccc(-c4ccc(F)cc4)cc3)nc3cccc(Br)c32)CCNC1. The average molecular weight is 518 g/mol. The summed E-state index contributed by atoms with van der Waals surface area (Å²) >= 11 is 3.73. The second kappa shape index (κ2) is 8.43. The molecule has 0 radical (unpaired) electrons. The summed E-state index contributed by atoms with van der Waals surface area (Å²) in [7, 11) is 0. The molecule has 2 aliphatic rings. The van der Waals surface area contributed by atoms with Gasteiger partial charge >= 0.3 is 0 Å². The summed E-state index contributed by atoms with van der Waals surface area (Å²) in [6.45, 7) is 2.20. The Kier molecular flexibility index (Phi) is 5.38. The van der Waals surface area contributed by atoms with Gasteiger partial charge in [0.25, 0.3) is 0 Å². The quantitative estimate of drug-likeness (QED) is 0.329. The van der Waals surface area contributed by atoms with E-state index in [0.717, 1.165) is 70.4 Å². The monoisotopic (exact) mass is 517 g/mol. The van der Waals surface area contributed by atoms with Crippen LogP contribution in [0.4, 0.5) is 4.39 Å². The van der Waals surface area contributed by atoms with Gasteiger partial charge in [0.15, 0.2) is 0 Å². The van der Waals surface area contributed by atoms with Crippen LogP contribution < -0.4 is 5.32 Å². The summed E-state index contributed by atoms with van der Waals surface area (Å²) in [6, 6.07) is 20.8. The van der Waals surface area contributed by atoms with Gasteiger partial charge < -0.3 is 9.88 Å². The van der Waals surface area contributed by atoms with Gasteiger partial charge in [-0.05, 0) is 77.1 Å². The minimum Gasteiger partial charge on any atom is -0.322 e. The number of carbonyl (C=O) groups is 1. The van der Waals surface area contributed by atoms with Gasteiger partial charge in [-0.25, -0.2) is 9.37 Å². The maximum absolute atomic E-state index is 13.4. The van der Waals surface area contributed by atoms with Gasteiger partial charge in [0.1, 0.15) is 17.4 Å². The number of aromatic nitrogens is 2. The van der Waals surface area contributed by atoms with E-state index < -0.39 is 5.41 Å². The number of carbonyl (C=O) groups excluding carboxylic acids is 1. The van der Waals surface area contributed by atoms with E-state index in [0.29, 0.717) is 12.3 Å². The van der Waals surface area contributed by atoms with Crippen molar-refractivity contribution in [2.24, 2.45) is 11.3 Å². The number of imidazole rings is 1. The largest absolute Gasteiger partial charge is 0.322 e. The molecule has 0 bridgehead atoms. The number of para-hydroxylation sites is 1. The number of Topliss-reactive ketones (excluding diaryl/α,β-unsaturated/α-hetero) is 1. The molecule has 4 nitrogen and oxygen atoms in total. The highest BCUT2D eigenvalue weighted by molar-refractivity contribution is 9.10. The van der Waals surface area contributed by atoms with Gasteiger partial charge in [0.05, 0.1) is 16.4 Å². The van der Waals surface area contributed by atoms with Gasteiger partial charge in [-0.2, -0.15) is 0 Å². The minimum atomic E-state index is -0.396. The summed E-state index contributed by atoms with van der Waals surface area (Å²) in [6.07, 6.45) is 2.90. The molecule has 0 amide bonds. The van der Waals surface area contributed by atoms with E-state index in [4.69, 9.17) is 4.98 Å². The molecule has 2 fully saturated rings. The number of rotatable bonds is 6. The third-order valence-electron chi connectivity index (χ3n) is 7.21. The second-order valence-electron chi connectivity index (χ2n) is 9.56. The second-order valence-corrected chi connectivity index (χ2v) is 10.4. The first-order valence-corrected chi connectivity index (χ1v) is 12.6. The predicted molar refractivity (Wildman–Crippen MR) is 136 cm³/mol. The van der Waals surface area contributed by atoms with Crippen LogP contribution in [-0.2, 0) is 11.3 Å². The van der Waals surface area contributed by atoms with Crippen LogP contribution in [0.1, 0.15) is 19.3 Å². The lowest BCUT2D eigenvalue weighted by Gasteiger charge is -2.28. The zero-order valence-corrected chi connectivity index (χ0v) is 20.3. The zero-order valence-electron chi connectivity index (χ0n) is 18.7. The molecule has 1 aliphatic heterocycles. The highest BCUT2D eigenvalue weighted by Crippen LogP contribution is 2.43. The summed E-state index contributed by atoms with van der Waals surface area (Å²) in [5, 5.41) is 3.45. The van der Waals surface area contributed by atoms with Gasteiger partial charge in [-0.1, -0.05) is 42.5 Å². The molecule has 6 rings (SSSR count).